The molecule has 1 N–H and O–H groups in total. The van der Waals surface area contributed by atoms with Crippen LogP contribution in [0.3, 0.4) is 0 Å². The summed E-state index contributed by atoms with van der Waals surface area (Å²) in [4.78, 5) is 23.6. The zero-order valence-electron chi connectivity index (χ0n) is 14.0. The highest BCUT2D eigenvalue weighted by Crippen LogP contribution is 2.28. The molecule has 3 heterocycles. The average Bonchev–Trinajstić information content (AvgIpc) is 2.91. The van der Waals surface area contributed by atoms with E-state index in [1.165, 1.54) is 19.2 Å². The molecule has 130 valence electrons. The first-order valence-corrected chi connectivity index (χ1v) is 7.79. The molecule has 0 saturated carbocycles. The molecule has 0 bridgehead atoms. The zero-order valence-corrected chi connectivity index (χ0v) is 14.0. The van der Waals surface area contributed by atoms with Crippen molar-refractivity contribution >= 4 is 22.6 Å². The maximum Gasteiger partial charge on any atom is 0.287 e. The molecule has 0 aliphatic rings. The van der Waals surface area contributed by atoms with Gasteiger partial charge in [0.25, 0.3) is 5.92 Å². The van der Waals surface area contributed by atoms with Gasteiger partial charge in [-0.05, 0) is 18.1 Å². The van der Waals surface area contributed by atoms with Crippen LogP contribution in [0.4, 0.5) is 14.6 Å². The standard InChI is InChI=1S/C17H17F2N5O/c1-4-11-9-24(16-20-6-5-14(23-16)17(3,18)19)13-7-15(22-10(2)25)21-8-12(11)13/h5-9H,4H2,1-3H3,(H,21,22,25). The molecule has 3 aromatic rings. The largest absolute Gasteiger partial charge is 0.311 e. The zero-order chi connectivity index (χ0) is 18.2. The fourth-order valence-corrected chi connectivity index (χ4v) is 2.59. The van der Waals surface area contributed by atoms with Gasteiger partial charge in [0.05, 0.1) is 5.52 Å². The summed E-state index contributed by atoms with van der Waals surface area (Å²) >= 11 is 0. The number of alkyl halides is 2. The Kier molecular flexibility index (Phi) is 4.20. The van der Waals surface area contributed by atoms with E-state index < -0.39 is 5.92 Å². The summed E-state index contributed by atoms with van der Waals surface area (Å²) in [6.07, 6.45) is 5.49. The molecule has 0 fully saturated rings. The minimum atomic E-state index is -3.06. The topological polar surface area (TPSA) is 72.7 Å². The van der Waals surface area contributed by atoms with E-state index in [-0.39, 0.29) is 17.5 Å². The van der Waals surface area contributed by atoms with E-state index >= 15 is 0 Å². The van der Waals surface area contributed by atoms with E-state index in [1.54, 1.807) is 23.0 Å². The molecule has 0 radical (unpaired) electrons. The van der Waals surface area contributed by atoms with Crippen LogP contribution in [0.1, 0.15) is 32.0 Å². The highest BCUT2D eigenvalue weighted by Gasteiger charge is 2.27. The molecular weight excluding hydrogens is 328 g/mol. The molecule has 25 heavy (non-hydrogen) atoms. The third-order valence-corrected chi connectivity index (χ3v) is 3.77. The van der Waals surface area contributed by atoms with Crippen molar-refractivity contribution in [3.8, 4) is 5.95 Å². The number of pyridine rings is 1. The number of rotatable bonds is 4. The number of hydrogen-bond donors (Lipinski definition) is 1. The van der Waals surface area contributed by atoms with Gasteiger partial charge in [0.2, 0.25) is 11.9 Å². The molecule has 0 spiro atoms. The van der Waals surface area contributed by atoms with Gasteiger partial charge in [-0.2, -0.15) is 8.78 Å². The molecule has 1 amide bonds. The summed E-state index contributed by atoms with van der Waals surface area (Å²) in [5.74, 6) is -2.79. The van der Waals surface area contributed by atoms with Crippen molar-refractivity contribution in [2.24, 2.45) is 0 Å². The van der Waals surface area contributed by atoms with Crippen molar-refractivity contribution in [2.45, 2.75) is 33.1 Å². The number of nitrogens with zero attached hydrogens (tertiary/aromatic N) is 4. The highest BCUT2D eigenvalue weighted by atomic mass is 19.3. The van der Waals surface area contributed by atoms with Crippen LogP contribution in [0.2, 0.25) is 0 Å². The first kappa shape index (κ1) is 16.9. The molecule has 0 unspecified atom stereocenters. The van der Waals surface area contributed by atoms with Gasteiger partial charge in [0.15, 0.2) is 0 Å². The Bertz CT molecular complexity index is 946. The average molecular weight is 345 g/mol. The third-order valence-electron chi connectivity index (χ3n) is 3.77. The van der Waals surface area contributed by atoms with Crippen LogP contribution < -0.4 is 5.32 Å². The molecule has 0 aliphatic carbocycles. The predicted octanol–water partition coefficient (Wildman–Crippen LogP) is 3.45. The smallest absolute Gasteiger partial charge is 0.287 e. The monoisotopic (exact) mass is 345 g/mol. The molecular formula is C17H17F2N5O. The van der Waals surface area contributed by atoms with Crippen LogP contribution in [-0.4, -0.2) is 25.4 Å². The number of carbonyl (C=O) groups excluding carboxylic acids is 1. The molecule has 8 heteroatoms. The Balaban J connectivity index is 2.19. The molecule has 0 saturated heterocycles. The third kappa shape index (κ3) is 3.33. The summed E-state index contributed by atoms with van der Waals surface area (Å²) in [6, 6.07) is 2.87. The van der Waals surface area contributed by atoms with E-state index in [9.17, 15) is 13.6 Å². The van der Waals surface area contributed by atoms with Gasteiger partial charge in [0, 0.05) is 43.9 Å². The molecule has 0 aromatic carbocycles. The van der Waals surface area contributed by atoms with Crippen molar-refractivity contribution in [3.05, 3.63) is 42.0 Å². The summed E-state index contributed by atoms with van der Waals surface area (Å²) in [5, 5.41) is 3.47. The highest BCUT2D eigenvalue weighted by molar-refractivity contribution is 5.92. The van der Waals surface area contributed by atoms with E-state index in [0.717, 1.165) is 24.3 Å². The van der Waals surface area contributed by atoms with Crippen LogP contribution in [0, 0.1) is 0 Å². The lowest BCUT2D eigenvalue weighted by molar-refractivity contribution is -0.114. The maximum absolute atomic E-state index is 13.6. The van der Waals surface area contributed by atoms with Crippen molar-refractivity contribution in [1.82, 2.24) is 19.5 Å². The first-order chi connectivity index (χ1) is 11.8. The van der Waals surface area contributed by atoms with E-state index in [4.69, 9.17) is 0 Å². The molecule has 0 aliphatic heterocycles. The Morgan fingerprint density at radius 2 is 2.12 bits per heavy atom. The SMILES string of the molecule is CCc1cn(-c2nccc(C(C)(F)F)n2)c2cc(NC(C)=O)ncc12. The van der Waals surface area contributed by atoms with Gasteiger partial charge in [0.1, 0.15) is 11.5 Å². The van der Waals surface area contributed by atoms with E-state index in [0.29, 0.717) is 11.3 Å². The Morgan fingerprint density at radius 3 is 2.76 bits per heavy atom. The fourth-order valence-electron chi connectivity index (χ4n) is 2.59. The number of amides is 1. The number of hydrogen-bond acceptors (Lipinski definition) is 4. The summed E-state index contributed by atoms with van der Waals surface area (Å²) in [7, 11) is 0. The number of aryl methyl sites for hydroxylation is 1. The lowest BCUT2D eigenvalue weighted by Gasteiger charge is -2.11. The fraction of sp³-hybridized carbons (Fsp3) is 0.294. The molecule has 0 atom stereocenters. The van der Waals surface area contributed by atoms with Gasteiger partial charge < -0.3 is 5.32 Å². The van der Waals surface area contributed by atoms with Gasteiger partial charge in [-0.15, -0.1) is 0 Å². The lowest BCUT2D eigenvalue weighted by atomic mass is 10.2. The van der Waals surface area contributed by atoms with Crippen LogP contribution >= 0.6 is 0 Å². The second-order valence-electron chi connectivity index (χ2n) is 5.78. The first-order valence-electron chi connectivity index (χ1n) is 7.79. The summed E-state index contributed by atoms with van der Waals surface area (Å²) in [5.41, 5.74) is 1.31. The number of nitrogens with one attached hydrogen (secondary N) is 1. The summed E-state index contributed by atoms with van der Waals surface area (Å²) < 4.78 is 28.8. The van der Waals surface area contributed by atoms with Crippen molar-refractivity contribution in [1.29, 1.82) is 0 Å². The van der Waals surface area contributed by atoms with Crippen molar-refractivity contribution < 1.29 is 13.6 Å². The minimum Gasteiger partial charge on any atom is -0.311 e. The van der Waals surface area contributed by atoms with Crippen LogP contribution in [0.25, 0.3) is 16.9 Å². The number of halogens is 2. The van der Waals surface area contributed by atoms with Gasteiger partial charge in [-0.3, -0.25) is 9.36 Å². The molecule has 3 rings (SSSR count). The summed E-state index contributed by atoms with van der Waals surface area (Å²) in [6.45, 7) is 4.17. The maximum atomic E-state index is 13.6. The lowest BCUT2D eigenvalue weighted by Crippen LogP contribution is -2.12. The van der Waals surface area contributed by atoms with Gasteiger partial charge in [-0.1, -0.05) is 6.92 Å². The Hall–Kier alpha value is -2.90. The second-order valence-corrected chi connectivity index (χ2v) is 5.78. The normalized spacial score (nSPS) is 11.7. The molecule has 3 aromatic heterocycles. The van der Waals surface area contributed by atoms with Gasteiger partial charge >= 0.3 is 0 Å². The Labute approximate surface area is 142 Å². The quantitative estimate of drug-likeness (QED) is 0.786. The van der Waals surface area contributed by atoms with E-state index in [2.05, 4.69) is 20.3 Å². The number of aromatic nitrogens is 4. The predicted molar refractivity (Wildman–Crippen MR) is 89.9 cm³/mol. The minimum absolute atomic E-state index is 0.142. The van der Waals surface area contributed by atoms with Crippen molar-refractivity contribution in [2.75, 3.05) is 5.32 Å². The number of fused-ring (bicyclic) bond motifs is 1. The number of carbonyl (C=O) groups is 1. The van der Waals surface area contributed by atoms with Crippen molar-refractivity contribution in [3.63, 3.8) is 0 Å². The Morgan fingerprint density at radius 1 is 1.36 bits per heavy atom. The van der Waals surface area contributed by atoms with Crippen LogP contribution in [-0.2, 0) is 17.1 Å². The van der Waals surface area contributed by atoms with E-state index in [1.807, 2.05) is 6.92 Å². The van der Waals surface area contributed by atoms with Gasteiger partial charge in [-0.25, -0.2) is 15.0 Å². The molecule has 6 nitrogen and oxygen atoms in total. The van der Waals surface area contributed by atoms with Crippen LogP contribution in [0.5, 0.6) is 0 Å². The number of anilines is 1. The second kappa shape index (κ2) is 6.19. The van der Waals surface area contributed by atoms with Crippen LogP contribution in [0.15, 0.2) is 30.7 Å².